The molecule has 0 aliphatic rings. The fourth-order valence-electron chi connectivity index (χ4n) is 0. The third kappa shape index (κ3) is 10800. The minimum atomic E-state index is -4.64. The van der Waals surface area contributed by atoms with E-state index in [1.165, 1.54) is 0 Å². The van der Waals surface area contributed by atoms with E-state index in [9.17, 15) is 0 Å². The summed E-state index contributed by atoms with van der Waals surface area (Å²) < 4.78 is 8.88. The van der Waals surface area contributed by atoms with E-state index in [0.29, 0.717) is 0 Å². The maximum absolute atomic E-state index is 8.88. The SMILES string of the molecule is NC(=O)O.NC(=O)O.O=P(O)(O)O.[NaH]. The number of primary amides is 2. The van der Waals surface area contributed by atoms with Crippen molar-refractivity contribution >= 4 is 49.6 Å². The second-order valence-corrected chi connectivity index (χ2v) is 2.22. The van der Waals surface area contributed by atoms with E-state index < -0.39 is 20.0 Å². The average molecular weight is 244 g/mol. The molecule has 0 aromatic rings. The normalized spacial score (nSPS) is 7.64. The van der Waals surface area contributed by atoms with Gasteiger partial charge in [0.2, 0.25) is 0 Å². The van der Waals surface area contributed by atoms with Gasteiger partial charge in [-0.2, -0.15) is 0 Å². The van der Waals surface area contributed by atoms with Gasteiger partial charge in [-0.05, 0) is 0 Å². The molecule has 0 heterocycles. The Bertz CT molecular complexity index is 173. The van der Waals surface area contributed by atoms with Crippen LogP contribution in [0, 0.1) is 0 Å². The zero-order chi connectivity index (χ0) is 11.7. The molecule has 0 fully saturated rings. The second-order valence-electron chi connectivity index (χ2n) is 1.19. The van der Waals surface area contributed by atoms with Crippen LogP contribution in [-0.2, 0) is 4.57 Å². The van der Waals surface area contributed by atoms with Gasteiger partial charge in [-0.15, -0.1) is 0 Å². The third-order valence-electron chi connectivity index (χ3n) is 0. The standard InChI is InChI=1S/2CH3NO2.Na.H3O4P.H/c2*2-1(3)4;;1-5(2,3)4;/h2*2H2,(H,3,4);;(H3,1,2,3,4);. The van der Waals surface area contributed by atoms with Crippen molar-refractivity contribution in [1.82, 2.24) is 0 Å². The van der Waals surface area contributed by atoms with Crippen LogP contribution in [0.4, 0.5) is 9.59 Å². The van der Waals surface area contributed by atoms with Gasteiger partial charge >= 0.3 is 49.6 Å². The zero-order valence-electron chi connectivity index (χ0n) is 6.06. The summed E-state index contributed by atoms with van der Waals surface area (Å²) in [5, 5.41) is 14.4. The number of carbonyl (C=O) groups is 2. The van der Waals surface area contributed by atoms with Gasteiger partial charge in [0.1, 0.15) is 0 Å². The van der Waals surface area contributed by atoms with Gasteiger partial charge in [0.15, 0.2) is 0 Å². The Hall–Kier alpha value is -0.350. The van der Waals surface area contributed by atoms with Crippen molar-refractivity contribution in [1.29, 1.82) is 0 Å². The molecule has 0 aromatic heterocycles. The molecule has 14 heavy (non-hydrogen) atoms. The number of phosphoric acid groups is 1. The Labute approximate surface area is 100 Å². The van der Waals surface area contributed by atoms with Crippen molar-refractivity contribution in [2.24, 2.45) is 11.5 Å². The Morgan fingerprint density at radius 3 is 0.929 bits per heavy atom. The van der Waals surface area contributed by atoms with Crippen molar-refractivity contribution in [3.8, 4) is 0 Å². The van der Waals surface area contributed by atoms with Gasteiger partial charge < -0.3 is 36.4 Å². The van der Waals surface area contributed by atoms with Crippen molar-refractivity contribution in [2.75, 3.05) is 0 Å². The molecule has 12 heteroatoms. The van der Waals surface area contributed by atoms with Gasteiger partial charge in [-0.3, -0.25) is 0 Å². The summed E-state index contributed by atoms with van der Waals surface area (Å²) in [6.07, 6.45) is -2.67. The van der Waals surface area contributed by atoms with Crippen LogP contribution in [-0.4, -0.2) is 66.6 Å². The minimum absolute atomic E-state index is 0. The van der Waals surface area contributed by atoms with E-state index in [1.807, 2.05) is 0 Å². The average Bonchev–Trinajstić information content (AvgIpc) is 1.50. The zero-order valence-corrected chi connectivity index (χ0v) is 6.96. The number of nitrogens with two attached hydrogens (primary N) is 2. The summed E-state index contributed by atoms with van der Waals surface area (Å²) in [6, 6.07) is 0. The molecule has 0 radical (unpaired) electrons. The first-order chi connectivity index (χ1) is 5.46. The molecule has 2 amide bonds. The number of hydrogen-bond acceptors (Lipinski definition) is 3. The number of carboxylic acid groups (broad SMARTS) is 2. The van der Waals surface area contributed by atoms with Crippen LogP contribution >= 0.6 is 7.82 Å². The predicted octanol–water partition coefficient (Wildman–Crippen LogP) is -2.33. The van der Waals surface area contributed by atoms with E-state index in [-0.39, 0.29) is 29.6 Å². The van der Waals surface area contributed by atoms with E-state index in [0.717, 1.165) is 0 Å². The molecule has 0 saturated carbocycles. The predicted molar refractivity (Wildman–Crippen MR) is 45.8 cm³/mol. The van der Waals surface area contributed by atoms with E-state index >= 15 is 0 Å². The summed E-state index contributed by atoms with van der Waals surface area (Å²) in [4.78, 5) is 39.1. The molecule has 0 aromatic carbocycles. The summed E-state index contributed by atoms with van der Waals surface area (Å²) in [7, 11) is -4.64. The molecule has 9 N–H and O–H groups in total. The molecule has 82 valence electrons. The monoisotopic (exact) mass is 244 g/mol. The first kappa shape index (κ1) is 23.5. The van der Waals surface area contributed by atoms with Crippen LogP contribution in [0.2, 0.25) is 0 Å². The molecule has 0 aliphatic carbocycles. The Morgan fingerprint density at radius 1 is 0.929 bits per heavy atom. The topological polar surface area (TPSA) is 204 Å². The molecule has 0 unspecified atom stereocenters. The molecule has 0 bridgehead atoms. The Morgan fingerprint density at radius 2 is 0.929 bits per heavy atom. The molecule has 10 nitrogen and oxygen atoms in total. The van der Waals surface area contributed by atoms with Crippen molar-refractivity contribution in [2.45, 2.75) is 0 Å². The quantitative estimate of drug-likeness (QED) is 0.181. The fraction of sp³-hybridized carbons (Fsp3) is 0. The molecule has 0 aliphatic heterocycles. The van der Waals surface area contributed by atoms with Gasteiger partial charge in [0, 0.05) is 0 Å². The molecule has 0 spiro atoms. The van der Waals surface area contributed by atoms with Crippen molar-refractivity contribution < 1.29 is 39.0 Å². The first-order valence-electron chi connectivity index (χ1n) is 2.22. The maximum atomic E-state index is 8.88. The van der Waals surface area contributed by atoms with Crippen molar-refractivity contribution in [3.63, 3.8) is 0 Å². The summed E-state index contributed by atoms with van der Waals surface area (Å²) in [6.45, 7) is 0. The van der Waals surface area contributed by atoms with E-state index in [2.05, 4.69) is 11.5 Å². The summed E-state index contributed by atoms with van der Waals surface area (Å²) >= 11 is 0. The molecular formula is C2H10N2NaO8P. The second kappa shape index (κ2) is 12.7. The van der Waals surface area contributed by atoms with Gasteiger partial charge in [0.05, 0.1) is 0 Å². The van der Waals surface area contributed by atoms with Gasteiger partial charge in [-0.1, -0.05) is 0 Å². The van der Waals surface area contributed by atoms with Crippen LogP contribution in [0.25, 0.3) is 0 Å². The first-order valence-corrected chi connectivity index (χ1v) is 3.78. The molecular weight excluding hydrogens is 234 g/mol. The molecule has 0 atom stereocenters. The van der Waals surface area contributed by atoms with Crippen LogP contribution in [0.3, 0.4) is 0 Å². The van der Waals surface area contributed by atoms with Crippen LogP contribution in [0.1, 0.15) is 0 Å². The van der Waals surface area contributed by atoms with Crippen LogP contribution in [0.15, 0.2) is 0 Å². The van der Waals surface area contributed by atoms with Crippen molar-refractivity contribution in [3.05, 3.63) is 0 Å². The summed E-state index contributed by atoms with van der Waals surface area (Å²) in [5.74, 6) is 0. The third-order valence-corrected chi connectivity index (χ3v) is 0. The van der Waals surface area contributed by atoms with Crippen LogP contribution in [0.5, 0.6) is 0 Å². The van der Waals surface area contributed by atoms with Gasteiger partial charge in [0.25, 0.3) is 0 Å². The van der Waals surface area contributed by atoms with Gasteiger partial charge in [-0.25, -0.2) is 14.2 Å². The molecule has 0 rings (SSSR count). The van der Waals surface area contributed by atoms with E-state index in [4.69, 9.17) is 39.0 Å². The summed E-state index contributed by atoms with van der Waals surface area (Å²) in [5.41, 5.74) is 8.06. The number of rotatable bonds is 0. The van der Waals surface area contributed by atoms with Crippen LogP contribution < -0.4 is 11.5 Å². The van der Waals surface area contributed by atoms with E-state index in [1.54, 1.807) is 0 Å². The molecule has 0 saturated heterocycles. The Balaban J connectivity index is -0.0000000522. The number of amides is 2. The fourth-order valence-corrected chi connectivity index (χ4v) is 0. The number of hydrogen-bond donors (Lipinski definition) is 7. The Kier molecular flexibility index (Phi) is 21.2.